The van der Waals surface area contributed by atoms with Crippen LogP contribution in [0.5, 0.6) is 11.5 Å². The second kappa shape index (κ2) is 28.8. The van der Waals surface area contributed by atoms with E-state index < -0.39 is 91.5 Å². The van der Waals surface area contributed by atoms with Crippen LogP contribution in [0.25, 0.3) is 0 Å². The maximum absolute atomic E-state index is 12.9. The average molecular weight is 1180 g/mol. The number of hydrogen-bond acceptors (Lipinski definition) is 19. The molecule has 10 atom stereocenters. The highest BCUT2D eigenvalue weighted by atomic mass is 35.5. The van der Waals surface area contributed by atoms with Crippen molar-refractivity contribution in [1.82, 2.24) is 0 Å². The predicted octanol–water partition coefficient (Wildman–Crippen LogP) is 8.13. The Morgan fingerprint density at radius 2 is 1.16 bits per heavy atom. The number of hydrogen-bond donors (Lipinski definition) is 5. The fraction of sp³-hybridized carbons (Fsp3) is 0.492. The van der Waals surface area contributed by atoms with Gasteiger partial charge in [-0.3, -0.25) is 33.6 Å². The summed E-state index contributed by atoms with van der Waals surface area (Å²) in [5.74, 6) is -2.04. The lowest BCUT2D eigenvalue weighted by molar-refractivity contribution is -0.254. The number of Topliss-reactive ketones (excluding diaryl/α,β-unsaturated/α-hetero) is 3. The lowest BCUT2D eigenvalue weighted by atomic mass is 9.87. The van der Waals surface area contributed by atoms with Gasteiger partial charge in [0.1, 0.15) is 72.2 Å². The van der Waals surface area contributed by atoms with E-state index in [1.54, 1.807) is 48.5 Å². The van der Waals surface area contributed by atoms with Crippen LogP contribution >= 0.6 is 23.2 Å². The predicted molar refractivity (Wildman–Crippen MR) is 298 cm³/mol. The number of carbonyl (C=O) groups excluding carboxylic acids is 7. The lowest BCUT2D eigenvalue weighted by Crippen LogP contribution is -2.59. The molecule has 0 radical (unpaired) electrons. The summed E-state index contributed by atoms with van der Waals surface area (Å²) >= 11 is 13.0. The number of aromatic hydroxyl groups is 1. The van der Waals surface area contributed by atoms with Crippen molar-refractivity contribution in [3.63, 3.8) is 0 Å². The Balaban J connectivity index is 0.000000239. The number of aliphatic hydroxyl groups excluding tert-OH is 4. The molecule has 82 heavy (non-hydrogen) atoms. The van der Waals surface area contributed by atoms with E-state index in [-0.39, 0.29) is 48.9 Å². The molecule has 0 amide bonds. The van der Waals surface area contributed by atoms with E-state index in [2.05, 4.69) is 0 Å². The number of phenolic OH excluding ortho intramolecular Hbond substituents is 1. The molecule has 444 valence electrons. The Labute approximate surface area is 486 Å². The van der Waals surface area contributed by atoms with Crippen molar-refractivity contribution in [1.29, 1.82) is 0 Å². The standard InChI is InChI=1S/C29H31ClO11.C26H29ClO7.C5H8O.CH4/c1-14(31)22-11-19(6-9-24(22)36)10-21-12-20(7-8-23(21)30)26-28(39-17(4)34)29(40-18(5)35)27(38-16(3)33)25(41-26)13-37-15(2)32;27-18-5-4-15(25-24(32)23(31)22(30)21(13-28)33-25)11-16(18)9-14-3-6-20-17(10-14)19(29)12-26(34-20)7-1-2-8-26;6-5-3-1-2-4-5;/h6-9,11-12,25-29,36H,10,13H2,1-5H3;3-6,10-11,21-25,28,30-32H,1-2,7-9,12-13H2;1-4H2;1H4/t25-,26+,27-,28+,29?;21-,22-,23?,24-,25+;;/m11../s1. The molecule has 19 nitrogen and oxygen atoms in total. The van der Waals surface area contributed by atoms with E-state index in [0.717, 1.165) is 76.3 Å². The van der Waals surface area contributed by atoms with Crippen molar-refractivity contribution in [2.45, 2.75) is 179 Å². The minimum Gasteiger partial charge on any atom is -0.507 e. The molecule has 3 aliphatic heterocycles. The van der Waals surface area contributed by atoms with Crippen molar-refractivity contribution in [3.05, 3.63) is 127 Å². The molecule has 2 saturated heterocycles. The number of phenols is 1. The molecule has 1 spiro atoms. The molecule has 5 aliphatic rings. The molecule has 2 saturated carbocycles. The SMILES string of the molecule is C.CC(=O)OC[C@H]1O[C@@H](c2ccc(Cl)c(Cc3ccc(O)c(C(C)=O)c3)c2)[C@H](OC(C)=O)C(OC(C)=O)[C@@H]1OC(C)=O.O=C1CC2(CCCC2)Oc2ccc(Cc3cc([C@@H]4O[C@H](CO)[C@@H](O)C(O)[C@H]4O)ccc3Cl)cc21.O=C1CCCC1. The van der Waals surface area contributed by atoms with E-state index in [4.69, 9.17) is 56.4 Å². The minimum absolute atomic E-state index is 0. The summed E-state index contributed by atoms with van der Waals surface area (Å²) in [7, 11) is 0. The second-order valence-corrected chi connectivity index (χ2v) is 21.8. The number of esters is 4. The summed E-state index contributed by atoms with van der Waals surface area (Å²) < 4.78 is 39.8. The third kappa shape index (κ3) is 16.3. The zero-order valence-corrected chi connectivity index (χ0v) is 47.1. The van der Waals surface area contributed by atoms with Crippen molar-refractivity contribution in [2.24, 2.45) is 0 Å². The van der Waals surface area contributed by atoms with Gasteiger partial charge in [-0.15, -0.1) is 0 Å². The van der Waals surface area contributed by atoms with Crippen molar-refractivity contribution < 1.29 is 92.3 Å². The Hall–Kier alpha value is -6.29. The van der Waals surface area contributed by atoms with Gasteiger partial charge in [-0.05, 0) is 128 Å². The number of halogens is 2. The zero-order chi connectivity index (χ0) is 58.9. The van der Waals surface area contributed by atoms with Crippen LogP contribution in [0.15, 0.2) is 72.8 Å². The highest BCUT2D eigenvalue weighted by Crippen LogP contribution is 2.44. The monoisotopic (exact) mass is 1180 g/mol. The summed E-state index contributed by atoms with van der Waals surface area (Å²) in [5.41, 5.74) is 4.40. The van der Waals surface area contributed by atoms with Gasteiger partial charge in [-0.2, -0.15) is 0 Å². The van der Waals surface area contributed by atoms with E-state index in [9.17, 15) is 59.1 Å². The number of ether oxygens (including phenoxy) is 7. The summed E-state index contributed by atoms with van der Waals surface area (Å²) in [6.45, 7) is 5.15. The molecule has 4 aromatic carbocycles. The van der Waals surface area contributed by atoms with Crippen molar-refractivity contribution in [2.75, 3.05) is 13.2 Å². The van der Waals surface area contributed by atoms with Gasteiger partial charge in [0.25, 0.3) is 0 Å². The smallest absolute Gasteiger partial charge is 0.303 e. The number of ketones is 3. The quantitative estimate of drug-likeness (QED) is 0.0480. The fourth-order valence-corrected chi connectivity index (χ4v) is 11.2. The Bertz CT molecular complexity index is 2960. The normalized spacial score (nSPS) is 25.1. The van der Waals surface area contributed by atoms with Gasteiger partial charge in [-0.1, -0.05) is 67.0 Å². The topological polar surface area (TPSA) is 285 Å². The van der Waals surface area contributed by atoms with Gasteiger partial charge in [0.15, 0.2) is 29.9 Å². The molecular weight excluding hydrogens is 1110 g/mol. The number of rotatable bonds is 13. The van der Waals surface area contributed by atoms with Crippen LogP contribution < -0.4 is 4.74 Å². The number of aliphatic hydroxyl groups is 4. The summed E-state index contributed by atoms with van der Waals surface area (Å²) in [6, 6.07) is 20.4. The zero-order valence-electron chi connectivity index (χ0n) is 45.6. The average Bonchev–Trinajstić information content (AvgIpc) is 4.25. The molecule has 9 rings (SSSR count). The Morgan fingerprint density at radius 1 is 0.622 bits per heavy atom. The van der Waals surface area contributed by atoms with Gasteiger partial charge in [0.05, 0.1) is 24.2 Å². The van der Waals surface area contributed by atoms with Gasteiger partial charge in [0.2, 0.25) is 0 Å². The highest BCUT2D eigenvalue weighted by Gasteiger charge is 2.53. The van der Waals surface area contributed by atoms with Crippen LogP contribution in [-0.2, 0) is 65.2 Å². The molecule has 5 N–H and O–H groups in total. The van der Waals surface area contributed by atoms with E-state index in [1.807, 2.05) is 18.2 Å². The molecule has 3 heterocycles. The Kier molecular flexibility index (Phi) is 22.8. The molecule has 2 unspecified atom stereocenters. The molecule has 4 fully saturated rings. The molecular formula is C61H72Cl2O19. The van der Waals surface area contributed by atoms with Gasteiger partial charge in [-0.25, -0.2) is 0 Å². The molecule has 0 aromatic heterocycles. The first-order valence-corrected chi connectivity index (χ1v) is 27.6. The van der Waals surface area contributed by atoms with Crippen molar-refractivity contribution >= 4 is 64.4 Å². The number of benzene rings is 4. The summed E-state index contributed by atoms with van der Waals surface area (Å²) in [6.07, 6.45) is -3.08. The molecule has 2 aliphatic carbocycles. The maximum Gasteiger partial charge on any atom is 0.303 e. The third-order valence-electron chi connectivity index (χ3n) is 14.7. The molecule has 0 bridgehead atoms. The van der Waals surface area contributed by atoms with Crippen molar-refractivity contribution in [3.8, 4) is 11.5 Å². The number of fused-ring (bicyclic) bond motifs is 1. The third-order valence-corrected chi connectivity index (χ3v) is 15.5. The van der Waals surface area contributed by atoms with Gasteiger partial charge >= 0.3 is 23.9 Å². The van der Waals surface area contributed by atoms with E-state index in [0.29, 0.717) is 62.2 Å². The van der Waals surface area contributed by atoms with Gasteiger partial charge < -0.3 is 58.7 Å². The van der Waals surface area contributed by atoms with Crippen LogP contribution in [-0.4, -0.2) is 134 Å². The first-order chi connectivity index (χ1) is 38.5. The first-order valence-electron chi connectivity index (χ1n) is 26.8. The number of carbonyl (C=O) groups is 7. The summed E-state index contributed by atoms with van der Waals surface area (Å²) in [5, 5.41) is 51.0. The molecule has 21 heteroatoms. The van der Waals surface area contributed by atoms with E-state index in [1.165, 1.54) is 26.8 Å². The van der Waals surface area contributed by atoms with Crippen LogP contribution in [0, 0.1) is 0 Å². The van der Waals surface area contributed by atoms with Crippen LogP contribution in [0.4, 0.5) is 0 Å². The summed E-state index contributed by atoms with van der Waals surface area (Å²) in [4.78, 5) is 82.9. The molecule has 4 aromatic rings. The lowest BCUT2D eigenvalue weighted by Gasteiger charge is -2.44. The highest BCUT2D eigenvalue weighted by molar-refractivity contribution is 6.31. The first kappa shape index (κ1) is 64.9. The fourth-order valence-electron chi connectivity index (χ4n) is 10.8. The maximum atomic E-state index is 12.9. The van der Waals surface area contributed by atoms with E-state index >= 15 is 0 Å². The van der Waals surface area contributed by atoms with Crippen LogP contribution in [0.1, 0.15) is 166 Å². The minimum atomic E-state index is -1.45. The van der Waals surface area contributed by atoms with Crippen LogP contribution in [0.2, 0.25) is 10.0 Å². The van der Waals surface area contributed by atoms with Gasteiger partial charge in [0, 0.05) is 50.6 Å². The van der Waals surface area contributed by atoms with Crippen LogP contribution in [0.3, 0.4) is 0 Å². The largest absolute Gasteiger partial charge is 0.507 e. The Morgan fingerprint density at radius 3 is 1.70 bits per heavy atom. The second-order valence-electron chi connectivity index (χ2n) is 21.0.